The first-order valence-electron chi connectivity index (χ1n) is 8.62. The quantitative estimate of drug-likeness (QED) is 0.691. The number of sulfonamides is 1. The van der Waals surface area contributed by atoms with Crippen LogP contribution in [0.15, 0.2) is 47.4 Å². The van der Waals surface area contributed by atoms with Crippen molar-refractivity contribution in [2.75, 3.05) is 19.7 Å². The van der Waals surface area contributed by atoms with Gasteiger partial charge in [0.15, 0.2) is 0 Å². The van der Waals surface area contributed by atoms with Gasteiger partial charge in [0.05, 0.1) is 12.1 Å². The Kier molecular flexibility index (Phi) is 5.90. The molecule has 0 bridgehead atoms. The Balaban J connectivity index is 1.46. The molecule has 0 atom stereocenters. The number of carbonyl (C=O) groups excluding carboxylic acids is 2. The van der Waals surface area contributed by atoms with E-state index in [0.29, 0.717) is 10.8 Å². The van der Waals surface area contributed by atoms with Crippen LogP contribution in [0, 0.1) is 6.92 Å². The third-order valence-corrected chi connectivity index (χ3v) is 6.54. The number of nitrogens with zero attached hydrogens (tertiary/aromatic N) is 1. The summed E-state index contributed by atoms with van der Waals surface area (Å²) < 4.78 is 31.1. The van der Waals surface area contributed by atoms with Crippen LogP contribution in [0.1, 0.15) is 22.3 Å². The summed E-state index contributed by atoms with van der Waals surface area (Å²) in [6.45, 7) is 2.15. The molecule has 1 N–H and O–H groups in total. The molecule has 1 aliphatic heterocycles. The molecule has 0 saturated heterocycles. The Hall–Kier alpha value is -2.58. The number of rotatable bonds is 7. The first kappa shape index (κ1) is 20.2. The van der Waals surface area contributed by atoms with Crippen molar-refractivity contribution in [2.24, 2.45) is 0 Å². The van der Waals surface area contributed by atoms with Crippen LogP contribution in [-0.4, -0.2) is 44.2 Å². The molecule has 1 aliphatic rings. The fourth-order valence-corrected chi connectivity index (χ4v) is 4.51. The predicted molar refractivity (Wildman–Crippen MR) is 104 cm³/mol. The van der Waals surface area contributed by atoms with Gasteiger partial charge in [-0.05, 0) is 36.8 Å². The number of amides is 2. The van der Waals surface area contributed by atoms with Crippen LogP contribution >= 0.6 is 11.6 Å². The smallest absolute Gasteiger partial charge is 0.269 e. The van der Waals surface area contributed by atoms with E-state index in [1.165, 1.54) is 12.1 Å². The number of nitrogens with one attached hydrogen (secondary N) is 1. The van der Waals surface area contributed by atoms with Gasteiger partial charge in [-0.15, -0.1) is 0 Å². The number of ether oxygens (including phenoxy) is 1. The van der Waals surface area contributed by atoms with Gasteiger partial charge >= 0.3 is 0 Å². The summed E-state index contributed by atoms with van der Waals surface area (Å²) in [6.07, 6.45) is -0.130. The average Bonchev–Trinajstić information content (AvgIpc) is 2.86. The second-order valence-electron chi connectivity index (χ2n) is 6.24. The Morgan fingerprint density at radius 1 is 1.21 bits per heavy atom. The van der Waals surface area contributed by atoms with Crippen LogP contribution in [0.25, 0.3) is 0 Å². The topological polar surface area (TPSA) is 92.8 Å². The highest BCUT2D eigenvalue weighted by Gasteiger charge is 2.40. The molecule has 0 aromatic heterocycles. The van der Waals surface area contributed by atoms with Crippen molar-refractivity contribution < 1.29 is 22.7 Å². The summed E-state index contributed by atoms with van der Waals surface area (Å²) in [6, 6.07) is 11.3. The van der Waals surface area contributed by atoms with E-state index in [2.05, 4.69) is 5.32 Å². The third kappa shape index (κ3) is 4.13. The molecule has 9 heteroatoms. The zero-order valence-corrected chi connectivity index (χ0v) is 16.7. The SMILES string of the molecule is Cc1ccc(OCCNC(=O)CCN2C(=O)c3ccccc3S2(=O)=O)cc1Cl. The Bertz CT molecular complexity index is 1020. The fraction of sp³-hybridized carbons (Fsp3) is 0.263. The number of carbonyl (C=O) groups is 2. The van der Waals surface area contributed by atoms with Crippen molar-refractivity contribution in [1.82, 2.24) is 9.62 Å². The summed E-state index contributed by atoms with van der Waals surface area (Å²) in [4.78, 5) is 24.2. The molecule has 2 aromatic carbocycles. The van der Waals surface area contributed by atoms with Gasteiger partial charge in [-0.3, -0.25) is 9.59 Å². The molecule has 28 heavy (non-hydrogen) atoms. The van der Waals surface area contributed by atoms with Gasteiger partial charge in [0.2, 0.25) is 5.91 Å². The number of fused-ring (bicyclic) bond motifs is 1. The van der Waals surface area contributed by atoms with Crippen molar-refractivity contribution in [1.29, 1.82) is 0 Å². The molecule has 0 spiro atoms. The maximum atomic E-state index is 12.4. The molecule has 1 heterocycles. The molecule has 148 valence electrons. The Morgan fingerprint density at radius 2 is 1.96 bits per heavy atom. The van der Waals surface area contributed by atoms with E-state index in [-0.39, 0.29) is 42.5 Å². The number of halogens is 1. The predicted octanol–water partition coefficient (Wildman–Crippen LogP) is 2.38. The second kappa shape index (κ2) is 8.20. The van der Waals surface area contributed by atoms with Crippen molar-refractivity contribution in [3.63, 3.8) is 0 Å². The summed E-state index contributed by atoms with van der Waals surface area (Å²) in [5, 5.41) is 3.23. The lowest BCUT2D eigenvalue weighted by Gasteiger charge is -2.15. The van der Waals surface area contributed by atoms with Crippen LogP contribution in [0.2, 0.25) is 5.02 Å². The standard InChI is InChI=1S/C19H19ClN2O5S/c1-13-6-7-14(12-16(13)20)27-11-9-21-18(23)8-10-22-19(24)15-4-2-3-5-17(15)28(22,25)26/h2-7,12H,8-11H2,1H3,(H,21,23). The van der Waals surface area contributed by atoms with Gasteiger partial charge < -0.3 is 10.1 Å². The maximum absolute atomic E-state index is 12.4. The van der Waals surface area contributed by atoms with Crippen LogP contribution in [0.4, 0.5) is 0 Å². The van der Waals surface area contributed by atoms with Crippen LogP contribution in [0.3, 0.4) is 0 Å². The van der Waals surface area contributed by atoms with Gasteiger partial charge in [-0.25, -0.2) is 12.7 Å². The average molecular weight is 423 g/mol. The molecule has 0 unspecified atom stereocenters. The molecule has 0 fully saturated rings. The van der Waals surface area contributed by atoms with Crippen molar-refractivity contribution in [3.05, 3.63) is 58.6 Å². The van der Waals surface area contributed by atoms with E-state index in [9.17, 15) is 18.0 Å². The molecule has 2 aromatic rings. The van der Waals surface area contributed by atoms with E-state index in [1.807, 2.05) is 13.0 Å². The molecule has 7 nitrogen and oxygen atoms in total. The largest absolute Gasteiger partial charge is 0.492 e. The molecule has 0 radical (unpaired) electrons. The van der Waals surface area contributed by atoms with E-state index in [1.54, 1.807) is 24.3 Å². The lowest BCUT2D eigenvalue weighted by Crippen LogP contribution is -2.35. The number of hydrogen-bond acceptors (Lipinski definition) is 5. The second-order valence-corrected chi connectivity index (χ2v) is 8.48. The monoisotopic (exact) mass is 422 g/mol. The summed E-state index contributed by atoms with van der Waals surface area (Å²) in [5.74, 6) is -0.385. The number of hydrogen-bond donors (Lipinski definition) is 1. The molecular weight excluding hydrogens is 404 g/mol. The molecule has 0 saturated carbocycles. The summed E-state index contributed by atoms with van der Waals surface area (Å²) in [7, 11) is -3.89. The lowest BCUT2D eigenvalue weighted by atomic mass is 10.2. The maximum Gasteiger partial charge on any atom is 0.269 e. The van der Waals surface area contributed by atoms with Crippen molar-refractivity contribution in [2.45, 2.75) is 18.2 Å². The lowest BCUT2D eigenvalue weighted by molar-refractivity contribution is -0.121. The highest BCUT2D eigenvalue weighted by Crippen LogP contribution is 2.29. The molecule has 3 rings (SSSR count). The highest BCUT2D eigenvalue weighted by molar-refractivity contribution is 7.90. The first-order valence-corrected chi connectivity index (χ1v) is 10.4. The van der Waals surface area contributed by atoms with E-state index in [0.717, 1.165) is 9.87 Å². The van der Waals surface area contributed by atoms with Crippen LogP contribution in [0.5, 0.6) is 5.75 Å². The third-order valence-electron chi connectivity index (χ3n) is 4.29. The van der Waals surface area contributed by atoms with Crippen LogP contribution < -0.4 is 10.1 Å². The minimum absolute atomic E-state index is 0.0226. The first-order chi connectivity index (χ1) is 13.3. The Morgan fingerprint density at radius 3 is 2.68 bits per heavy atom. The zero-order chi connectivity index (χ0) is 20.3. The molecule has 0 aliphatic carbocycles. The van der Waals surface area contributed by atoms with Gasteiger partial charge in [0.25, 0.3) is 15.9 Å². The van der Waals surface area contributed by atoms with Gasteiger partial charge in [0.1, 0.15) is 17.3 Å². The minimum atomic E-state index is -3.89. The van der Waals surface area contributed by atoms with E-state index >= 15 is 0 Å². The number of benzene rings is 2. The zero-order valence-electron chi connectivity index (χ0n) is 15.1. The fourth-order valence-electron chi connectivity index (χ4n) is 2.77. The van der Waals surface area contributed by atoms with Gasteiger partial charge in [-0.2, -0.15) is 0 Å². The van der Waals surface area contributed by atoms with Crippen molar-refractivity contribution in [3.8, 4) is 5.75 Å². The van der Waals surface area contributed by atoms with Crippen LogP contribution in [-0.2, 0) is 14.8 Å². The number of aryl methyl sites for hydroxylation is 1. The molecule has 2 amide bonds. The molecular formula is C19H19ClN2O5S. The van der Waals surface area contributed by atoms with Gasteiger partial charge in [0, 0.05) is 18.0 Å². The van der Waals surface area contributed by atoms with Crippen molar-refractivity contribution >= 4 is 33.4 Å². The van der Waals surface area contributed by atoms with E-state index < -0.39 is 15.9 Å². The Labute approximate surface area is 168 Å². The summed E-state index contributed by atoms with van der Waals surface area (Å²) >= 11 is 6.02. The highest BCUT2D eigenvalue weighted by atomic mass is 35.5. The minimum Gasteiger partial charge on any atom is -0.492 e. The van der Waals surface area contributed by atoms with Gasteiger partial charge in [-0.1, -0.05) is 29.8 Å². The normalized spacial score (nSPS) is 14.6. The summed E-state index contributed by atoms with van der Waals surface area (Å²) in [5.41, 5.74) is 1.07. The van der Waals surface area contributed by atoms with E-state index in [4.69, 9.17) is 16.3 Å².